The van der Waals surface area contributed by atoms with Gasteiger partial charge in [-0.25, -0.2) is 17.9 Å². The molecule has 0 spiro atoms. The maximum absolute atomic E-state index is 12.1. The number of rotatable bonds is 6. The molecule has 0 unspecified atom stereocenters. The number of nitrogens with one attached hydrogen (secondary N) is 2. The van der Waals surface area contributed by atoms with Gasteiger partial charge in [-0.1, -0.05) is 25.1 Å². The van der Waals surface area contributed by atoms with Crippen LogP contribution >= 0.6 is 0 Å². The average Bonchev–Trinajstić information content (AvgIpc) is 2.86. The van der Waals surface area contributed by atoms with E-state index < -0.39 is 16.1 Å². The van der Waals surface area contributed by atoms with Crippen LogP contribution in [0, 0.1) is 0 Å². The Balaban J connectivity index is 1.81. The van der Waals surface area contributed by atoms with Crippen molar-refractivity contribution < 1.29 is 18.0 Å². The number of nitrogens with zero attached hydrogens (tertiary/aromatic N) is 1. The summed E-state index contributed by atoms with van der Waals surface area (Å²) in [6.07, 6.45) is 0.589. The quantitative estimate of drug-likeness (QED) is 0.754. The lowest BCUT2D eigenvalue weighted by Gasteiger charge is -2.16. The van der Waals surface area contributed by atoms with Crippen molar-refractivity contribution in [2.45, 2.75) is 25.2 Å². The summed E-state index contributed by atoms with van der Waals surface area (Å²) in [5.74, 6) is -0.280. The maximum Gasteiger partial charge on any atom is 0.324 e. The van der Waals surface area contributed by atoms with Crippen molar-refractivity contribution in [2.75, 3.05) is 19.6 Å². The maximum atomic E-state index is 12.1. The molecule has 0 aliphatic carbocycles. The molecular formula is C16H21N3O4S. The lowest BCUT2D eigenvalue weighted by Crippen LogP contribution is -2.44. The van der Waals surface area contributed by atoms with Crippen molar-refractivity contribution in [3.63, 3.8) is 0 Å². The zero-order valence-electron chi connectivity index (χ0n) is 13.7. The lowest BCUT2D eigenvalue weighted by atomic mass is 10.1. The number of hydrogen-bond donors (Lipinski definition) is 2. The van der Waals surface area contributed by atoms with E-state index in [4.69, 9.17) is 0 Å². The van der Waals surface area contributed by atoms with Crippen LogP contribution < -0.4 is 10.0 Å². The fourth-order valence-corrected chi connectivity index (χ4v) is 3.55. The third-order valence-electron chi connectivity index (χ3n) is 3.76. The lowest BCUT2D eigenvalue weighted by molar-refractivity contribution is -0.123. The summed E-state index contributed by atoms with van der Waals surface area (Å²) in [6, 6.07) is 7.47. The fourth-order valence-electron chi connectivity index (χ4n) is 2.50. The molecule has 8 heteroatoms. The number of carbonyl (C=O) groups excluding carboxylic acids is 2. The molecule has 7 nitrogen and oxygen atoms in total. The highest BCUT2D eigenvalue weighted by Gasteiger charge is 2.31. The Morgan fingerprint density at radius 2 is 1.88 bits per heavy atom. The molecule has 0 aromatic heterocycles. The highest BCUT2D eigenvalue weighted by atomic mass is 32.2. The van der Waals surface area contributed by atoms with Crippen molar-refractivity contribution in [1.29, 1.82) is 0 Å². The van der Waals surface area contributed by atoms with Gasteiger partial charge in [-0.3, -0.25) is 9.69 Å². The van der Waals surface area contributed by atoms with Crippen LogP contribution in [0.15, 0.2) is 46.4 Å². The molecule has 130 valence electrons. The van der Waals surface area contributed by atoms with Crippen LogP contribution in [0.3, 0.4) is 0 Å². The minimum absolute atomic E-state index is 0.0397. The second kappa shape index (κ2) is 7.59. The zero-order chi connectivity index (χ0) is 17.7. The van der Waals surface area contributed by atoms with Crippen molar-refractivity contribution in [2.24, 2.45) is 0 Å². The van der Waals surface area contributed by atoms with Gasteiger partial charge in [-0.05, 0) is 31.1 Å². The largest absolute Gasteiger partial charge is 0.336 e. The number of amides is 3. The SMILES string of the molecule is CCC1=C(C)CN(C(=O)NCCNS(=O)(=O)c2ccccc2)C1=O. The van der Waals surface area contributed by atoms with E-state index in [1.165, 1.54) is 12.1 Å². The molecule has 24 heavy (non-hydrogen) atoms. The molecular weight excluding hydrogens is 330 g/mol. The third kappa shape index (κ3) is 4.01. The van der Waals surface area contributed by atoms with Crippen molar-refractivity contribution >= 4 is 22.0 Å². The standard InChI is InChI=1S/C16H21N3O4S/c1-3-14-12(2)11-19(15(14)20)16(21)17-9-10-18-24(22,23)13-7-5-4-6-8-13/h4-8,18H,3,9-11H2,1-2H3,(H,17,21). The van der Waals surface area contributed by atoms with Crippen LogP contribution in [0.1, 0.15) is 20.3 Å². The molecule has 2 N–H and O–H groups in total. The highest BCUT2D eigenvalue weighted by Crippen LogP contribution is 2.21. The number of urea groups is 1. The first-order valence-electron chi connectivity index (χ1n) is 7.70. The van der Waals surface area contributed by atoms with E-state index in [1.54, 1.807) is 18.2 Å². The molecule has 0 bridgehead atoms. The van der Waals surface area contributed by atoms with E-state index in [0.717, 1.165) is 10.5 Å². The van der Waals surface area contributed by atoms with Crippen LogP contribution in [0.4, 0.5) is 4.79 Å². The summed E-state index contributed by atoms with van der Waals surface area (Å²) in [6.45, 7) is 4.12. The van der Waals surface area contributed by atoms with E-state index in [2.05, 4.69) is 10.0 Å². The molecule has 0 saturated heterocycles. The normalized spacial score (nSPS) is 15.1. The Labute approximate surface area is 141 Å². The van der Waals surface area contributed by atoms with E-state index in [-0.39, 0.29) is 30.4 Å². The Bertz CT molecular complexity index is 757. The molecule has 0 radical (unpaired) electrons. The van der Waals surface area contributed by atoms with Crippen LogP contribution in [0.5, 0.6) is 0 Å². The monoisotopic (exact) mass is 351 g/mol. The van der Waals surface area contributed by atoms with Gasteiger partial charge in [0, 0.05) is 18.7 Å². The van der Waals surface area contributed by atoms with E-state index in [1.807, 2.05) is 13.8 Å². The van der Waals surface area contributed by atoms with Crippen LogP contribution in [0.25, 0.3) is 0 Å². The Kier molecular flexibility index (Phi) is 5.74. The number of benzene rings is 1. The van der Waals surface area contributed by atoms with E-state index in [9.17, 15) is 18.0 Å². The predicted molar refractivity (Wildman–Crippen MR) is 89.7 cm³/mol. The zero-order valence-corrected chi connectivity index (χ0v) is 14.5. The Hall–Kier alpha value is -2.19. The molecule has 1 aromatic rings. The molecule has 0 fully saturated rings. The first kappa shape index (κ1) is 18.2. The van der Waals surface area contributed by atoms with Crippen LogP contribution in [-0.2, 0) is 14.8 Å². The van der Waals surface area contributed by atoms with Crippen molar-refractivity contribution in [3.8, 4) is 0 Å². The van der Waals surface area contributed by atoms with Crippen molar-refractivity contribution in [3.05, 3.63) is 41.5 Å². The van der Waals surface area contributed by atoms with E-state index in [0.29, 0.717) is 12.0 Å². The fraction of sp³-hybridized carbons (Fsp3) is 0.375. The summed E-state index contributed by atoms with van der Waals surface area (Å²) in [4.78, 5) is 25.4. The van der Waals surface area contributed by atoms with Gasteiger partial charge in [-0.15, -0.1) is 0 Å². The Morgan fingerprint density at radius 3 is 2.46 bits per heavy atom. The first-order valence-corrected chi connectivity index (χ1v) is 9.18. The third-order valence-corrected chi connectivity index (χ3v) is 5.24. The second-order valence-electron chi connectivity index (χ2n) is 5.45. The second-order valence-corrected chi connectivity index (χ2v) is 7.21. The predicted octanol–water partition coefficient (Wildman–Crippen LogP) is 1.24. The molecule has 1 heterocycles. The smallest absolute Gasteiger partial charge is 0.324 e. The minimum Gasteiger partial charge on any atom is -0.336 e. The van der Waals surface area contributed by atoms with Crippen LogP contribution in [0.2, 0.25) is 0 Å². The summed E-state index contributed by atoms with van der Waals surface area (Å²) in [7, 11) is -3.60. The van der Waals surface area contributed by atoms with Crippen LogP contribution in [-0.4, -0.2) is 44.9 Å². The van der Waals surface area contributed by atoms with Gasteiger partial charge in [0.25, 0.3) is 5.91 Å². The van der Waals surface area contributed by atoms with E-state index >= 15 is 0 Å². The molecule has 3 amide bonds. The summed E-state index contributed by atoms with van der Waals surface area (Å²) in [5, 5.41) is 2.56. The number of hydrogen-bond acceptors (Lipinski definition) is 4. The molecule has 1 aliphatic rings. The number of imide groups is 1. The Morgan fingerprint density at radius 1 is 1.21 bits per heavy atom. The number of carbonyl (C=O) groups is 2. The molecule has 2 rings (SSSR count). The van der Waals surface area contributed by atoms with Gasteiger partial charge in [0.15, 0.2) is 0 Å². The van der Waals surface area contributed by atoms with Crippen molar-refractivity contribution in [1.82, 2.24) is 14.9 Å². The first-order chi connectivity index (χ1) is 11.4. The van der Waals surface area contributed by atoms with Gasteiger partial charge in [-0.2, -0.15) is 0 Å². The highest BCUT2D eigenvalue weighted by molar-refractivity contribution is 7.89. The number of sulfonamides is 1. The summed E-state index contributed by atoms with van der Waals surface area (Å²) >= 11 is 0. The molecule has 1 aliphatic heterocycles. The minimum atomic E-state index is -3.60. The summed E-state index contributed by atoms with van der Waals surface area (Å²) in [5.41, 5.74) is 1.55. The van der Waals surface area contributed by atoms with Gasteiger partial charge in [0.05, 0.1) is 11.4 Å². The summed E-state index contributed by atoms with van der Waals surface area (Å²) < 4.78 is 26.4. The van der Waals surface area contributed by atoms with Gasteiger partial charge in [0.1, 0.15) is 0 Å². The average molecular weight is 351 g/mol. The molecule has 0 saturated carbocycles. The topological polar surface area (TPSA) is 95.6 Å². The molecule has 0 atom stereocenters. The van der Waals surface area contributed by atoms with Gasteiger partial charge >= 0.3 is 6.03 Å². The molecule has 1 aromatic carbocycles. The van der Waals surface area contributed by atoms with Gasteiger partial charge < -0.3 is 5.32 Å². The van der Waals surface area contributed by atoms with Gasteiger partial charge in [0.2, 0.25) is 10.0 Å².